The molecule has 1 fully saturated rings. The molecule has 1 saturated heterocycles. The molecule has 4 aromatic carbocycles. The number of ether oxygens (including phenoxy) is 8. The molecule has 7 amide bonds. The molecule has 2 aliphatic rings. The molecule has 27 nitrogen and oxygen atoms in total. The van der Waals surface area contributed by atoms with Crippen molar-refractivity contribution in [3.63, 3.8) is 0 Å². The molecular weight excluding hydrogens is 1290 g/mol. The summed E-state index contributed by atoms with van der Waals surface area (Å²) in [6.45, 7) is 5.51. The Morgan fingerprint density at radius 2 is 1.01 bits per heavy atom. The fraction of sp³-hybridized carbons (Fsp3) is 0.469. The Balaban J connectivity index is 1.26. The molecule has 4 aromatic rings. The van der Waals surface area contributed by atoms with Crippen molar-refractivity contribution in [2.75, 3.05) is 39.6 Å². The van der Waals surface area contributed by atoms with E-state index in [0.717, 1.165) is 41.7 Å². The number of hydrogen-bond donors (Lipinski definition) is 9. The van der Waals surface area contributed by atoms with E-state index in [2.05, 4.69) is 37.2 Å². The Bertz CT molecular complexity index is 3210. The molecule has 1 heterocycles. The van der Waals surface area contributed by atoms with Gasteiger partial charge in [-0.2, -0.15) is 0 Å². The first-order valence-electron chi connectivity index (χ1n) is 30.0. The highest BCUT2D eigenvalue weighted by atomic mass is 35.6. The van der Waals surface area contributed by atoms with E-state index in [0.29, 0.717) is 5.56 Å². The van der Waals surface area contributed by atoms with Crippen LogP contribution in [0.15, 0.2) is 109 Å². The van der Waals surface area contributed by atoms with Crippen LogP contribution in [0, 0.1) is 11.8 Å². The Labute approximate surface area is 557 Å². The minimum atomic E-state index is -2.13. The van der Waals surface area contributed by atoms with E-state index < -0.39 is 169 Å². The Kier molecular flexibility index (Phi) is 28.6. The van der Waals surface area contributed by atoms with Gasteiger partial charge in [-0.25, -0.2) is 14.4 Å². The van der Waals surface area contributed by atoms with Crippen LogP contribution in [0.5, 0.6) is 0 Å². The van der Waals surface area contributed by atoms with E-state index in [1.54, 1.807) is 54.6 Å². The van der Waals surface area contributed by atoms with Gasteiger partial charge in [0.15, 0.2) is 18.5 Å². The van der Waals surface area contributed by atoms with E-state index in [1.807, 2.05) is 54.6 Å². The van der Waals surface area contributed by atoms with Crippen LogP contribution in [0.3, 0.4) is 0 Å². The second kappa shape index (κ2) is 35.9. The number of rotatable bonds is 32. The zero-order valence-electron chi connectivity index (χ0n) is 52.5. The second-order valence-electron chi connectivity index (χ2n) is 22.7. The summed E-state index contributed by atoms with van der Waals surface area (Å²) >= 11 is 17.5. The molecule has 0 radical (unpaired) electrons. The maximum atomic E-state index is 14.9. The predicted molar refractivity (Wildman–Crippen MR) is 338 cm³/mol. The summed E-state index contributed by atoms with van der Waals surface area (Å²) < 4.78 is 43.4. The number of carbonyl (C=O) groups excluding carboxylic acids is 9. The van der Waals surface area contributed by atoms with Crippen molar-refractivity contribution in [1.29, 1.82) is 0 Å². The number of hydrogen-bond acceptors (Lipinski definition) is 19. The van der Waals surface area contributed by atoms with Gasteiger partial charge in [-0.05, 0) is 52.1 Å². The van der Waals surface area contributed by atoms with Gasteiger partial charge in [0.25, 0.3) is 0 Å². The van der Waals surface area contributed by atoms with Crippen LogP contribution < -0.4 is 37.2 Å². The van der Waals surface area contributed by atoms with Gasteiger partial charge < -0.3 is 85.3 Å². The number of aliphatic carboxylic acids is 1. The van der Waals surface area contributed by atoms with Crippen molar-refractivity contribution < 1.29 is 96.1 Å². The molecule has 0 bridgehead atoms. The van der Waals surface area contributed by atoms with Crippen LogP contribution in [-0.4, -0.2) is 180 Å². The molecule has 30 heteroatoms. The van der Waals surface area contributed by atoms with Crippen molar-refractivity contribution in [2.45, 2.75) is 138 Å². The number of nitrogens with one attached hydrogen (secondary N) is 7. The maximum Gasteiger partial charge on any atom is 0.407 e. The predicted octanol–water partition coefficient (Wildman–Crippen LogP) is 4.23. The number of aliphatic hydroxyl groups is 1. The largest absolute Gasteiger partial charge is 0.480 e. The minimum absolute atomic E-state index is 0.0371. The van der Waals surface area contributed by atoms with E-state index in [4.69, 9.17) is 72.7 Å². The average molecular weight is 1370 g/mol. The lowest BCUT2D eigenvalue weighted by molar-refractivity contribution is -0.277. The SMILES string of the molecule is CC(=O)O[C@@H]1[C@@H](NC(=O)OCC(Cl)(Cl)Cl)[C@H](OC[C@H](NC(=O)[C@@H](NC(=O)[C@H](C)NC(=O)[C@H](COCc2ccccc2)NC(=O)OCC2c3ccccc3-c3ccccc32)C(C)C)C(=O)N[C@@H](COCc2ccccc2)C(=O)N[C@H](C(=O)O)C(C)C)O[C@H](CO)[C@H]1OC(C)=O. The molecule has 6 rings (SSSR count). The highest BCUT2D eigenvalue weighted by Gasteiger charge is 2.52. The highest BCUT2D eigenvalue weighted by molar-refractivity contribution is 6.67. The fourth-order valence-electron chi connectivity index (χ4n) is 10.1. The zero-order valence-corrected chi connectivity index (χ0v) is 54.8. The summed E-state index contributed by atoms with van der Waals surface area (Å²) in [5.74, 6) is -10.3. The molecule has 1 aliphatic heterocycles. The van der Waals surface area contributed by atoms with E-state index >= 15 is 0 Å². The third-order valence-electron chi connectivity index (χ3n) is 14.7. The van der Waals surface area contributed by atoms with E-state index in [1.165, 1.54) is 34.6 Å². The van der Waals surface area contributed by atoms with Crippen molar-refractivity contribution in [3.05, 3.63) is 131 Å². The molecule has 0 spiro atoms. The molecule has 9 N–H and O–H groups in total. The number of halogens is 3. The monoisotopic (exact) mass is 1370 g/mol. The van der Waals surface area contributed by atoms with Crippen LogP contribution >= 0.6 is 34.8 Å². The number of aliphatic hydroxyl groups excluding tert-OH is 1. The molecular formula is C64H78Cl3N7O20. The quantitative estimate of drug-likeness (QED) is 0.0188. The lowest BCUT2D eigenvalue weighted by Crippen LogP contribution is -2.67. The Morgan fingerprint density at radius 3 is 1.52 bits per heavy atom. The van der Waals surface area contributed by atoms with Gasteiger partial charge in [-0.1, -0.05) is 172 Å². The standard InChI is InChI=1S/C64H78Cl3N7O20/c1-34(2)50(72-55(78)36(5)68-56(79)47(31-88-28-40-20-12-9-13-21-40)71-62(85)90-29-45-43-24-16-14-22-41(43)42-23-15-17-25-44(42)45)59(82)70-48(57(80)69-46(30-87-27-39-18-10-8-11-19-39)58(81)73-51(35(3)4)60(83)84)32-89-61-52(74-63(86)91-33-64(65,66)67)54(93-38(7)77)53(92-37(6)76)49(26-75)94-61/h8-25,34-36,45-54,61,75H,26-33H2,1-7H3,(H,68,79)(H,69,80)(H,70,82)(H,71,85)(H,72,78)(H,73,81)(H,74,86)(H,83,84)/t36-,46-,47-,48-,49+,50-,51-,52+,53+,54+,61+/m0/s1. The number of benzene rings is 4. The molecule has 1 aliphatic carbocycles. The van der Waals surface area contributed by atoms with Gasteiger partial charge in [0, 0.05) is 19.8 Å². The summed E-state index contributed by atoms with van der Waals surface area (Å²) in [7, 11) is 0. The number of carboxylic acid groups (broad SMARTS) is 1. The number of fused-ring (bicyclic) bond motifs is 3. The van der Waals surface area contributed by atoms with Crippen LogP contribution in [0.4, 0.5) is 9.59 Å². The van der Waals surface area contributed by atoms with Crippen LogP contribution in [0.2, 0.25) is 0 Å². The maximum absolute atomic E-state index is 14.9. The van der Waals surface area contributed by atoms with Crippen LogP contribution in [-0.2, 0) is 89.5 Å². The van der Waals surface area contributed by atoms with Crippen molar-refractivity contribution >= 4 is 94.4 Å². The summed E-state index contributed by atoms with van der Waals surface area (Å²) in [6, 6.07) is 21.8. The van der Waals surface area contributed by atoms with Gasteiger partial charge in [0.1, 0.15) is 61.6 Å². The average Bonchev–Trinajstić information content (AvgIpc) is 1.48. The summed E-state index contributed by atoms with van der Waals surface area (Å²) in [6.07, 6.45) is -9.25. The Hall–Kier alpha value is -8.15. The molecule has 0 aromatic heterocycles. The minimum Gasteiger partial charge on any atom is -0.480 e. The van der Waals surface area contributed by atoms with Crippen molar-refractivity contribution in [1.82, 2.24) is 37.2 Å². The molecule has 0 unspecified atom stereocenters. The van der Waals surface area contributed by atoms with E-state index in [9.17, 15) is 58.2 Å². The fourth-order valence-corrected chi connectivity index (χ4v) is 10.3. The number of alkyl halides is 3. The lowest BCUT2D eigenvalue weighted by atomic mass is 9.96. The highest BCUT2D eigenvalue weighted by Crippen LogP contribution is 2.44. The number of alkyl carbamates (subject to hydrolysis) is 2. The number of carbonyl (C=O) groups is 10. The van der Waals surface area contributed by atoms with Gasteiger partial charge in [0.05, 0.1) is 39.6 Å². The normalized spacial score (nSPS) is 18.6. The molecule has 0 saturated carbocycles. The number of esters is 2. The van der Waals surface area contributed by atoms with Gasteiger partial charge >= 0.3 is 30.1 Å². The third kappa shape index (κ3) is 22.5. The zero-order chi connectivity index (χ0) is 68.8. The first-order chi connectivity index (χ1) is 44.6. The first-order valence-corrected chi connectivity index (χ1v) is 31.1. The summed E-state index contributed by atoms with van der Waals surface area (Å²) in [4.78, 5) is 136. The lowest BCUT2D eigenvalue weighted by Gasteiger charge is -2.44. The smallest absolute Gasteiger partial charge is 0.407 e. The summed E-state index contributed by atoms with van der Waals surface area (Å²) in [5, 5.41) is 38.0. The number of amides is 7. The molecule has 11 atom stereocenters. The van der Waals surface area contributed by atoms with Gasteiger partial charge in [-0.15, -0.1) is 0 Å². The topological polar surface area (TPSA) is 369 Å². The van der Waals surface area contributed by atoms with Gasteiger partial charge in [-0.3, -0.25) is 33.6 Å². The number of carboxylic acids is 1. The molecule has 94 heavy (non-hydrogen) atoms. The summed E-state index contributed by atoms with van der Waals surface area (Å²) in [5.41, 5.74) is 5.30. The third-order valence-corrected chi connectivity index (χ3v) is 15.1. The first kappa shape index (κ1) is 74.9. The van der Waals surface area contributed by atoms with Crippen molar-refractivity contribution in [3.8, 4) is 11.1 Å². The van der Waals surface area contributed by atoms with Crippen LogP contribution in [0.25, 0.3) is 11.1 Å². The van der Waals surface area contributed by atoms with Crippen LogP contribution in [0.1, 0.15) is 76.6 Å². The van der Waals surface area contributed by atoms with Crippen molar-refractivity contribution in [2.24, 2.45) is 11.8 Å². The molecule has 510 valence electrons. The van der Waals surface area contributed by atoms with Gasteiger partial charge in [0.2, 0.25) is 33.3 Å². The second-order valence-corrected chi connectivity index (χ2v) is 25.3. The van der Waals surface area contributed by atoms with E-state index in [-0.39, 0.29) is 32.3 Å². The Morgan fingerprint density at radius 1 is 0.543 bits per heavy atom.